The number of ether oxygens (including phenoxy) is 1. The predicted octanol–water partition coefficient (Wildman–Crippen LogP) is 2.68. The van der Waals surface area contributed by atoms with Crippen LogP contribution in [0.25, 0.3) is 10.9 Å². The molecule has 0 radical (unpaired) electrons. The Bertz CT molecular complexity index is 966. The number of nitrogens with one attached hydrogen (secondary N) is 1. The zero-order valence-electron chi connectivity index (χ0n) is 16.1. The van der Waals surface area contributed by atoms with E-state index in [-0.39, 0.29) is 17.9 Å². The Hall–Kier alpha value is -2.99. The number of amides is 1. The van der Waals surface area contributed by atoms with Crippen molar-refractivity contribution in [3.63, 3.8) is 0 Å². The van der Waals surface area contributed by atoms with E-state index in [9.17, 15) is 4.79 Å². The number of pyridine rings is 2. The molecule has 1 aliphatic heterocycles. The fourth-order valence-corrected chi connectivity index (χ4v) is 3.61. The molecule has 1 fully saturated rings. The summed E-state index contributed by atoms with van der Waals surface area (Å²) in [6, 6.07) is 13.8. The molecule has 1 amide bonds. The quantitative estimate of drug-likeness (QED) is 0.742. The molecule has 0 aliphatic carbocycles. The van der Waals surface area contributed by atoms with Crippen LogP contribution in [0.15, 0.2) is 54.9 Å². The van der Waals surface area contributed by atoms with Gasteiger partial charge in [0.2, 0.25) is 0 Å². The Balaban J connectivity index is 1.47. The Labute approximate surface area is 164 Å². The summed E-state index contributed by atoms with van der Waals surface area (Å²) < 4.78 is 5.69. The zero-order chi connectivity index (χ0) is 19.5. The van der Waals surface area contributed by atoms with Crippen molar-refractivity contribution < 1.29 is 9.53 Å². The summed E-state index contributed by atoms with van der Waals surface area (Å²) in [6.45, 7) is 1.17. The molecule has 1 aliphatic rings. The molecule has 4 rings (SSSR count). The number of benzene rings is 1. The highest BCUT2D eigenvalue weighted by atomic mass is 16.5. The third kappa shape index (κ3) is 3.82. The lowest BCUT2D eigenvalue weighted by atomic mass is 9.93. The largest absolute Gasteiger partial charge is 0.379 e. The van der Waals surface area contributed by atoms with Crippen molar-refractivity contribution >= 4 is 22.6 Å². The molecule has 1 aromatic carbocycles. The average molecular weight is 376 g/mol. The van der Waals surface area contributed by atoms with Crippen molar-refractivity contribution in [1.29, 1.82) is 0 Å². The Morgan fingerprint density at radius 1 is 1.14 bits per heavy atom. The summed E-state index contributed by atoms with van der Waals surface area (Å²) in [5, 5.41) is 4.29. The molecule has 3 aromatic rings. The van der Waals surface area contributed by atoms with Gasteiger partial charge in [-0.3, -0.25) is 9.78 Å². The lowest BCUT2D eigenvalue weighted by Gasteiger charge is -2.20. The van der Waals surface area contributed by atoms with Gasteiger partial charge in [-0.2, -0.15) is 0 Å². The second-order valence-electron chi connectivity index (χ2n) is 7.37. The molecule has 2 aromatic heterocycles. The van der Waals surface area contributed by atoms with E-state index >= 15 is 0 Å². The molecule has 144 valence electrons. The number of hydrogen-bond donors (Lipinski definition) is 1. The van der Waals surface area contributed by atoms with Gasteiger partial charge in [0.05, 0.1) is 30.3 Å². The van der Waals surface area contributed by atoms with E-state index in [0.717, 1.165) is 23.1 Å². The van der Waals surface area contributed by atoms with Crippen molar-refractivity contribution in [3.8, 4) is 0 Å². The van der Waals surface area contributed by atoms with Gasteiger partial charge in [-0.25, -0.2) is 4.98 Å². The number of anilines is 1. The van der Waals surface area contributed by atoms with Gasteiger partial charge in [0, 0.05) is 37.8 Å². The van der Waals surface area contributed by atoms with E-state index in [2.05, 4.69) is 27.4 Å². The molecule has 1 N–H and O–H groups in total. The summed E-state index contributed by atoms with van der Waals surface area (Å²) in [6.07, 6.45) is 4.30. The molecule has 0 unspecified atom stereocenters. The number of nitrogens with zero attached hydrogens (tertiary/aromatic N) is 3. The highest BCUT2D eigenvalue weighted by molar-refractivity contribution is 5.94. The molecule has 0 spiro atoms. The first-order valence-corrected chi connectivity index (χ1v) is 9.46. The van der Waals surface area contributed by atoms with Gasteiger partial charge in [0.25, 0.3) is 5.91 Å². The molecule has 3 heterocycles. The first kappa shape index (κ1) is 18.4. The zero-order valence-corrected chi connectivity index (χ0v) is 16.1. The van der Waals surface area contributed by atoms with Crippen molar-refractivity contribution in [3.05, 3.63) is 66.0 Å². The minimum atomic E-state index is -0.113. The average Bonchev–Trinajstić information content (AvgIpc) is 3.15. The summed E-state index contributed by atoms with van der Waals surface area (Å²) in [5.41, 5.74) is 2.79. The third-order valence-corrected chi connectivity index (χ3v) is 5.20. The smallest absolute Gasteiger partial charge is 0.253 e. The Morgan fingerprint density at radius 2 is 2.00 bits per heavy atom. The first-order chi connectivity index (χ1) is 13.6. The lowest BCUT2D eigenvalue weighted by Crippen LogP contribution is -2.40. The van der Waals surface area contributed by atoms with Gasteiger partial charge < -0.3 is 15.0 Å². The fourth-order valence-electron chi connectivity index (χ4n) is 3.61. The SMILES string of the molecule is CN(C)c1ccc(C(=O)N[C@@H]2COC[C@H]2Cc2ccnc3ccccc23)cn1. The van der Waals surface area contributed by atoms with Crippen LogP contribution in [0.2, 0.25) is 0 Å². The molecule has 0 saturated carbocycles. The Morgan fingerprint density at radius 3 is 2.79 bits per heavy atom. The van der Waals surface area contributed by atoms with Gasteiger partial charge in [-0.05, 0) is 36.2 Å². The van der Waals surface area contributed by atoms with E-state index in [4.69, 9.17) is 4.74 Å². The van der Waals surface area contributed by atoms with Crippen LogP contribution in [0.5, 0.6) is 0 Å². The fraction of sp³-hybridized carbons (Fsp3) is 0.318. The third-order valence-electron chi connectivity index (χ3n) is 5.20. The number of hydrogen-bond acceptors (Lipinski definition) is 5. The van der Waals surface area contributed by atoms with Crippen molar-refractivity contribution in [2.75, 3.05) is 32.2 Å². The van der Waals surface area contributed by atoms with Gasteiger partial charge in [0.15, 0.2) is 0 Å². The maximum absolute atomic E-state index is 12.7. The van der Waals surface area contributed by atoms with Crippen LogP contribution in [0, 0.1) is 5.92 Å². The normalized spacial score (nSPS) is 18.9. The second-order valence-corrected chi connectivity index (χ2v) is 7.37. The lowest BCUT2D eigenvalue weighted by molar-refractivity contribution is 0.0924. The topological polar surface area (TPSA) is 67.4 Å². The van der Waals surface area contributed by atoms with Crippen LogP contribution >= 0.6 is 0 Å². The van der Waals surface area contributed by atoms with E-state index < -0.39 is 0 Å². The number of fused-ring (bicyclic) bond motifs is 1. The summed E-state index contributed by atoms with van der Waals surface area (Å²) in [5.74, 6) is 0.935. The van der Waals surface area contributed by atoms with Crippen LogP contribution in [-0.4, -0.2) is 49.2 Å². The minimum Gasteiger partial charge on any atom is -0.379 e. The molecular weight excluding hydrogens is 352 g/mol. The second kappa shape index (κ2) is 7.94. The molecule has 6 nitrogen and oxygen atoms in total. The Kier molecular flexibility index (Phi) is 5.21. The van der Waals surface area contributed by atoms with E-state index in [1.54, 1.807) is 12.3 Å². The van der Waals surface area contributed by atoms with E-state index in [1.807, 2.05) is 49.5 Å². The van der Waals surface area contributed by atoms with E-state index in [1.165, 1.54) is 5.56 Å². The minimum absolute atomic E-state index is 0.0204. The molecule has 6 heteroatoms. The van der Waals surface area contributed by atoms with Crippen LogP contribution in [-0.2, 0) is 11.2 Å². The number of carbonyl (C=O) groups is 1. The van der Waals surface area contributed by atoms with Crippen molar-refractivity contribution in [2.45, 2.75) is 12.5 Å². The monoisotopic (exact) mass is 376 g/mol. The van der Waals surface area contributed by atoms with Gasteiger partial charge in [-0.1, -0.05) is 18.2 Å². The van der Waals surface area contributed by atoms with Crippen LogP contribution in [0.1, 0.15) is 15.9 Å². The highest BCUT2D eigenvalue weighted by Gasteiger charge is 2.30. The van der Waals surface area contributed by atoms with Crippen LogP contribution < -0.4 is 10.2 Å². The predicted molar refractivity (Wildman–Crippen MR) is 110 cm³/mol. The van der Waals surface area contributed by atoms with Crippen LogP contribution in [0.3, 0.4) is 0 Å². The summed E-state index contributed by atoms with van der Waals surface area (Å²) in [4.78, 5) is 23.3. The maximum atomic E-state index is 12.7. The first-order valence-electron chi connectivity index (χ1n) is 9.46. The molecule has 2 atom stereocenters. The molecule has 0 bridgehead atoms. The van der Waals surface area contributed by atoms with Crippen molar-refractivity contribution in [1.82, 2.24) is 15.3 Å². The van der Waals surface area contributed by atoms with Crippen LogP contribution in [0.4, 0.5) is 5.82 Å². The summed E-state index contributed by atoms with van der Waals surface area (Å²) in [7, 11) is 3.84. The molecular formula is C22H24N4O2. The maximum Gasteiger partial charge on any atom is 0.253 e. The van der Waals surface area contributed by atoms with Crippen molar-refractivity contribution in [2.24, 2.45) is 5.92 Å². The standard InChI is InChI=1S/C22H24N4O2/c1-26(2)21-8-7-16(12-24-21)22(27)25-20-14-28-13-17(20)11-15-9-10-23-19-6-4-3-5-18(15)19/h3-10,12,17,20H,11,13-14H2,1-2H3,(H,25,27)/t17-,20-/m1/s1. The molecule has 28 heavy (non-hydrogen) atoms. The van der Waals surface area contributed by atoms with Gasteiger partial charge >= 0.3 is 0 Å². The number of para-hydroxylation sites is 1. The summed E-state index contributed by atoms with van der Waals surface area (Å²) >= 11 is 0. The number of carbonyl (C=O) groups excluding carboxylic acids is 1. The van der Waals surface area contributed by atoms with Gasteiger partial charge in [-0.15, -0.1) is 0 Å². The highest BCUT2D eigenvalue weighted by Crippen LogP contribution is 2.24. The van der Waals surface area contributed by atoms with E-state index in [0.29, 0.717) is 18.8 Å². The van der Waals surface area contributed by atoms with Gasteiger partial charge in [0.1, 0.15) is 5.82 Å². The number of aromatic nitrogens is 2. The molecule has 1 saturated heterocycles. The number of rotatable bonds is 5.